The van der Waals surface area contributed by atoms with Crippen molar-refractivity contribution in [3.63, 3.8) is 0 Å². The van der Waals surface area contributed by atoms with E-state index in [-0.39, 0.29) is 41.6 Å². The highest BCUT2D eigenvalue weighted by Gasteiger charge is 2.25. The fraction of sp³-hybridized carbons (Fsp3) is 0.630. The van der Waals surface area contributed by atoms with Gasteiger partial charge >= 0.3 is 23.9 Å². The molecule has 9 heteroatoms. The molecule has 0 radical (unpaired) electrons. The van der Waals surface area contributed by atoms with Crippen molar-refractivity contribution in [3.8, 4) is 11.5 Å². The number of carbonyl (C=O) groups excluding carboxylic acids is 4. The zero-order chi connectivity index (χ0) is 27.8. The molecule has 202 valence electrons. The van der Waals surface area contributed by atoms with Crippen molar-refractivity contribution in [1.82, 2.24) is 0 Å². The van der Waals surface area contributed by atoms with Crippen LogP contribution in [0.5, 0.6) is 11.5 Å². The Hall–Kier alpha value is -2.94. The molecule has 3 atom stereocenters. The van der Waals surface area contributed by atoms with Crippen LogP contribution in [0.2, 0.25) is 0 Å². The van der Waals surface area contributed by atoms with Gasteiger partial charge in [-0.3, -0.25) is 19.2 Å². The number of ether oxygens (including phenoxy) is 4. The van der Waals surface area contributed by atoms with Crippen LogP contribution in [0.15, 0.2) is 18.2 Å². The Balaban J connectivity index is 3.04. The monoisotopic (exact) mass is 507 g/mol. The molecule has 0 unspecified atom stereocenters. The molecule has 0 amide bonds. The largest absolute Gasteiger partial charge is 0.459 e. The highest BCUT2D eigenvalue weighted by atomic mass is 16.6. The molecule has 0 saturated heterocycles. The third kappa shape index (κ3) is 12.2. The fourth-order valence-electron chi connectivity index (χ4n) is 3.09. The summed E-state index contributed by atoms with van der Waals surface area (Å²) in [4.78, 5) is 48.5. The molecular formula is C27H41NO8. The summed E-state index contributed by atoms with van der Waals surface area (Å²) >= 11 is 0. The van der Waals surface area contributed by atoms with Gasteiger partial charge in [0, 0.05) is 6.92 Å². The summed E-state index contributed by atoms with van der Waals surface area (Å²) in [5.74, 6) is -1.92. The van der Waals surface area contributed by atoms with E-state index in [1.54, 1.807) is 19.9 Å². The second kappa shape index (κ2) is 12.9. The Kier molecular flexibility index (Phi) is 11.1. The second-order valence-corrected chi connectivity index (χ2v) is 11.5. The van der Waals surface area contributed by atoms with Crippen LogP contribution < -0.4 is 15.2 Å². The number of carbonyl (C=O) groups is 4. The van der Waals surface area contributed by atoms with E-state index < -0.39 is 42.1 Å². The van der Waals surface area contributed by atoms with Crippen LogP contribution in [-0.4, -0.2) is 42.1 Å². The SMILES string of the molecule is CC(=O)O[C@@H](C)[C@H](C)OC(=O)[C@@H](N)Cc1ccc(OC(=O)CC(C)(C)C)c(OC(=O)CC(C)(C)C)c1. The van der Waals surface area contributed by atoms with Crippen LogP contribution in [-0.2, 0) is 35.1 Å². The zero-order valence-electron chi connectivity index (χ0n) is 22.9. The molecule has 0 saturated carbocycles. The number of nitrogens with two attached hydrogens (primary N) is 1. The van der Waals surface area contributed by atoms with Crippen LogP contribution in [0.3, 0.4) is 0 Å². The molecule has 0 bridgehead atoms. The van der Waals surface area contributed by atoms with Gasteiger partial charge in [0.25, 0.3) is 0 Å². The third-order valence-electron chi connectivity index (χ3n) is 4.88. The summed E-state index contributed by atoms with van der Waals surface area (Å²) in [6.45, 7) is 15.9. The van der Waals surface area contributed by atoms with Crippen LogP contribution in [0.4, 0.5) is 0 Å². The normalized spacial score (nSPS) is 14.3. The maximum absolute atomic E-state index is 12.5. The van der Waals surface area contributed by atoms with E-state index in [1.165, 1.54) is 19.1 Å². The van der Waals surface area contributed by atoms with Gasteiger partial charge < -0.3 is 24.7 Å². The molecule has 1 aromatic carbocycles. The zero-order valence-corrected chi connectivity index (χ0v) is 22.9. The van der Waals surface area contributed by atoms with Crippen molar-refractivity contribution in [2.75, 3.05) is 0 Å². The van der Waals surface area contributed by atoms with E-state index in [4.69, 9.17) is 24.7 Å². The Bertz CT molecular complexity index is 942. The van der Waals surface area contributed by atoms with Crippen molar-refractivity contribution in [2.24, 2.45) is 16.6 Å². The van der Waals surface area contributed by atoms with E-state index in [9.17, 15) is 19.2 Å². The van der Waals surface area contributed by atoms with Gasteiger partial charge in [0.2, 0.25) is 0 Å². The molecule has 1 aromatic rings. The first-order valence-electron chi connectivity index (χ1n) is 12.0. The molecule has 0 heterocycles. The smallest absolute Gasteiger partial charge is 0.323 e. The molecule has 0 aliphatic rings. The van der Waals surface area contributed by atoms with E-state index in [0.717, 1.165) is 0 Å². The van der Waals surface area contributed by atoms with Crippen molar-refractivity contribution in [3.05, 3.63) is 23.8 Å². The maximum atomic E-state index is 12.5. The number of hydrogen-bond acceptors (Lipinski definition) is 9. The van der Waals surface area contributed by atoms with Gasteiger partial charge in [-0.2, -0.15) is 0 Å². The lowest BCUT2D eigenvalue weighted by atomic mass is 9.92. The molecule has 0 aliphatic carbocycles. The summed E-state index contributed by atoms with van der Waals surface area (Å²) in [5.41, 5.74) is 6.04. The molecule has 0 aromatic heterocycles. The minimum Gasteiger partial charge on any atom is -0.459 e. The number of rotatable bonds is 10. The minimum atomic E-state index is -1.02. The number of benzene rings is 1. The van der Waals surface area contributed by atoms with Crippen LogP contribution in [0.25, 0.3) is 0 Å². The lowest BCUT2D eigenvalue weighted by Gasteiger charge is -2.22. The Labute approximate surface area is 214 Å². The van der Waals surface area contributed by atoms with Gasteiger partial charge in [-0.15, -0.1) is 0 Å². The third-order valence-corrected chi connectivity index (χ3v) is 4.88. The molecule has 0 spiro atoms. The highest BCUT2D eigenvalue weighted by molar-refractivity contribution is 5.78. The summed E-state index contributed by atoms with van der Waals surface area (Å²) in [5, 5.41) is 0. The van der Waals surface area contributed by atoms with E-state index in [2.05, 4.69) is 0 Å². The fourth-order valence-corrected chi connectivity index (χ4v) is 3.09. The van der Waals surface area contributed by atoms with Crippen LogP contribution in [0, 0.1) is 10.8 Å². The minimum absolute atomic E-state index is 0.0708. The predicted molar refractivity (Wildman–Crippen MR) is 134 cm³/mol. The van der Waals surface area contributed by atoms with Crippen molar-refractivity contribution < 1.29 is 38.1 Å². The first-order valence-corrected chi connectivity index (χ1v) is 12.0. The molecule has 36 heavy (non-hydrogen) atoms. The van der Waals surface area contributed by atoms with Crippen molar-refractivity contribution in [1.29, 1.82) is 0 Å². The van der Waals surface area contributed by atoms with Gasteiger partial charge in [0.05, 0.1) is 12.8 Å². The molecule has 2 N–H and O–H groups in total. The Morgan fingerprint density at radius 1 is 0.806 bits per heavy atom. The van der Waals surface area contributed by atoms with Crippen molar-refractivity contribution >= 4 is 23.9 Å². The quantitative estimate of drug-likeness (QED) is 0.367. The second-order valence-electron chi connectivity index (χ2n) is 11.5. The van der Waals surface area contributed by atoms with Crippen LogP contribution in [0.1, 0.15) is 80.7 Å². The standard InChI is InChI=1S/C27H41NO8/c1-16(33-18(3)29)17(2)34-25(32)20(28)12-19-10-11-21(35-23(30)14-26(4,5)6)22(13-19)36-24(31)15-27(7,8)9/h10-11,13,16-17,20H,12,14-15,28H2,1-9H3/t16-,17-,20-/m0/s1. The highest BCUT2D eigenvalue weighted by Crippen LogP contribution is 2.32. The average molecular weight is 508 g/mol. The van der Waals surface area contributed by atoms with E-state index >= 15 is 0 Å². The summed E-state index contributed by atoms with van der Waals surface area (Å²) < 4.78 is 21.4. The molecule has 9 nitrogen and oxygen atoms in total. The summed E-state index contributed by atoms with van der Waals surface area (Å²) in [6.07, 6.45) is -0.921. The van der Waals surface area contributed by atoms with Gasteiger partial charge in [-0.1, -0.05) is 47.6 Å². The number of hydrogen-bond donors (Lipinski definition) is 1. The molecule has 1 rings (SSSR count). The predicted octanol–water partition coefficient (Wildman–Crippen LogP) is 4.12. The Morgan fingerprint density at radius 3 is 1.75 bits per heavy atom. The average Bonchev–Trinajstić information content (AvgIpc) is 2.66. The van der Waals surface area contributed by atoms with Crippen LogP contribution >= 0.6 is 0 Å². The van der Waals surface area contributed by atoms with Gasteiger partial charge in [-0.25, -0.2) is 0 Å². The molecule has 0 aliphatic heterocycles. The molecule has 0 fully saturated rings. The van der Waals surface area contributed by atoms with E-state index in [1.807, 2.05) is 41.5 Å². The van der Waals surface area contributed by atoms with E-state index in [0.29, 0.717) is 5.56 Å². The topological polar surface area (TPSA) is 131 Å². The lowest BCUT2D eigenvalue weighted by molar-refractivity contribution is -0.164. The molecular weight excluding hydrogens is 466 g/mol. The van der Waals surface area contributed by atoms with Gasteiger partial charge in [-0.05, 0) is 48.8 Å². The maximum Gasteiger partial charge on any atom is 0.323 e. The lowest BCUT2D eigenvalue weighted by Crippen LogP contribution is -2.39. The summed E-state index contributed by atoms with van der Waals surface area (Å²) in [7, 11) is 0. The summed E-state index contributed by atoms with van der Waals surface area (Å²) in [6, 6.07) is 3.65. The number of esters is 4. The first-order chi connectivity index (χ1) is 16.4. The van der Waals surface area contributed by atoms with Gasteiger partial charge in [0.1, 0.15) is 18.2 Å². The first kappa shape index (κ1) is 31.1. The van der Waals surface area contributed by atoms with Gasteiger partial charge in [0.15, 0.2) is 11.5 Å². The van der Waals surface area contributed by atoms with Crippen molar-refractivity contribution in [2.45, 2.75) is 99.8 Å². The Morgan fingerprint density at radius 2 is 1.28 bits per heavy atom.